The monoisotopic (exact) mass is 402 g/mol. The van der Waals surface area contributed by atoms with Crippen LogP contribution < -0.4 is 15.8 Å². The van der Waals surface area contributed by atoms with E-state index >= 15 is 0 Å². The predicted octanol–water partition coefficient (Wildman–Crippen LogP) is 4.18. The molecular formula is C21H27ClN4O2. The van der Waals surface area contributed by atoms with Crippen molar-refractivity contribution < 1.29 is 9.15 Å². The first-order valence-electron chi connectivity index (χ1n) is 10.5. The van der Waals surface area contributed by atoms with Crippen molar-refractivity contribution in [3.8, 4) is 17.2 Å². The molecule has 3 heterocycles. The SMILES string of the molecule is Nc1c(Cl)cc(-c2nnc(C(C3CCC3)C3CCNCC3)o2)c2c1CCCO2. The van der Waals surface area contributed by atoms with Gasteiger partial charge in [0, 0.05) is 11.5 Å². The maximum absolute atomic E-state index is 6.40. The second-order valence-corrected chi connectivity index (χ2v) is 8.74. The minimum atomic E-state index is 0.359. The number of benzene rings is 1. The fourth-order valence-electron chi connectivity index (χ4n) is 4.96. The molecule has 2 aromatic rings. The highest BCUT2D eigenvalue weighted by Gasteiger charge is 2.38. The summed E-state index contributed by atoms with van der Waals surface area (Å²) in [5.74, 6) is 3.66. The van der Waals surface area contributed by atoms with Crippen LogP contribution in [0.5, 0.6) is 5.75 Å². The molecule has 2 aliphatic heterocycles. The number of nitrogens with zero attached hydrogens (tertiary/aromatic N) is 2. The molecule has 6 nitrogen and oxygen atoms in total. The van der Waals surface area contributed by atoms with Gasteiger partial charge < -0.3 is 20.2 Å². The molecule has 7 heteroatoms. The van der Waals surface area contributed by atoms with E-state index in [2.05, 4.69) is 15.5 Å². The Balaban J connectivity index is 1.51. The first kappa shape index (κ1) is 18.3. The summed E-state index contributed by atoms with van der Waals surface area (Å²) in [5.41, 5.74) is 8.51. The van der Waals surface area contributed by atoms with Gasteiger partial charge in [0.15, 0.2) is 0 Å². The minimum absolute atomic E-state index is 0.359. The third kappa shape index (κ3) is 3.16. The number of nitrogens with one attached hydrogen (secondary N) is 1. The molecule has 0 radical (unpaired) electrons. The first-order valence-corrected chi connectivity index (χ1v) is 10.9. The van der Waals surface area contributed by atoms with E-state index in [0.717, 1.165) is 48.7 Å². The Kier molecular flexibility index (Phi) is 4.93. The second kappa shape index (κ2) is 7.56. The molecule has 1 saturated heterocycles. The van der Waals surface area contributed by atoms with Crippen molar-refractivity contribution in [1.29, 1.82) is 0 Å². The molecule has 1 unspecified atom stereocenters. The van der Waals surface area contributed by atoms with E-state index in [1.807, 2.05) is 0 Å². The summed E-state index contributed by atoms with van der Waals surface area (Å²) < 4.78 is 12.2. The van der Waals surface area contributed by atoms with Gasteiger partial charge in [0.05, 0.1) is 22.9 Å². The van der Waals surface area contributed by atoms with Crippen LogP contribution in [0.25, 0.3) is 11.5 Å². The molecule has 3 N–H and O–H groups in total. The van der Waals surface area contributed by atoms with Crippen molar-refractivity contribution >= 4 is 17.3 Å². The highest BCUT2D eigenvalue weighted by atomic mass is 35.5. The number of rotatable bonds is 4. The van der Waals surface area contributed by atoms with Gasteiger partial charge in [-0.2, -0.15) is 0 Å². The summed E-state index contributed by atoms with van der Waals surface area (Å²) in [7, 11) is 0. The molecule has 0 bridgehead atoms. The third-order valence-corrected chi connectivity index (χ3v) is 7.01. The van der Waals surface area contributed by atoms with Crippen molar-refractivity contribution in [1.82, 2.24) is 15.5 Å². The Bertz CT molecular complexity index is 858. The van der Waals surface area contributed by atoms with Gasteiger partial charge in [-0.25, -0.2) is 0 Å². The molecule has 1 saturated carbocycles. The lowest BCUT2D eigenvalue weighted by atomic mass is 9.68. The smallest absolute Gasteiger partial charge is 0.251 e. The molecule has 150 valence electrons. The quantitative estimate of drug-likeness (QED) is 0.746. The molecule has 0 spiro atoms. The van der Waals surface area contributed by atoms with Gasteiger partial charge in [-0.05, 0) is 69.5 Å². The fourth-order valence-corrected chi connectivity index (χ4v) is 5.19. The van der Waals surface area contributed by atoms with E-state index in [-0.39, 0.29) is 0 Å². The molecule has 2 fully saturated rings. The van der Waals surface area contributed by atoms with Gasteiger partial charge in [0.2, 0.25) is 5.89 Å². The Morgan fingerprint density at radius 3 is 2.64 bits per heavy atom. The van der Waals surface area contributed by atoms with Crippen molar-refractivity contribution in [2.75, 3.05) is 25.4 Å². The van der Waals surface area contributed by atoms with E-state index < -0.39 is 0 Å². The number of nitrogen functional groups attached to an aromatic ring is 1. The van der Waals surface area contributed by atoms with Crippen molar-refractivity contribution in [3.63, 3.8) is 0 Å². The lowest BCUT2D eigenvalue weighted by Gasteiger charge is -2.38. The average molecular weight is 403 g/mol. The number of aromatic nitrogens is 2. The number of nitrogens with two attached hydrogens (primary N) is 1. The van der Waals surface area contributed by atoms with Gasteiger partial charge in [-0.3, -0.25) is 0 Å². The zero-order valence-corrected chi connectivity index (χ0v) is 16.8. The second-order valence-electron chi connectivity index (χ2n) is 8.33. The van der Waals surface area contributed by atoms with Crippen molar-refractivity contribution in [2.24, 2.45) is 11.8 Å². The molecule has 1 aromatic carbocycles. The normalized spacial score (nSPS) is 21.6. The summed E-state index contributed by atoms with van der Waals surface area (Å²) >= 11 is 6.40. The van der Waals surface area contributed by atoms with E-state index in [4.69, 9.17) is 26.5 Å². The van der Waals surface area contributed by atoms with Crippen molar-refractivity contribution in [2.45, 2.75) is 50.9 Å². The summed E-state index contributed by atoms with van der Waals surface area (Å²) in [5, 5.41) is 12.9. The first-order chi connectivity index (χ1) is 13.7. The summed E-state index contributed by atoms with van der Waals surface area (Å²) in [4.78, 5) is 0. The summed E-state index contributed by atoms with van der Waals surface area (Å²) in [6.07, 6.45) is 7.97. The molecule has 1 aromatic heterocycles. The molecule has 28 heavy (non-hydrogen) atoms. The van der Waals surface area contributed by atoms with E-state index in [1.165, 1.54) is 32.1 Å². The summed E-state index contributed by atoms with van der Waals surface area (Å²) in [6, 6.07) is 1.81. The van der Waals surface area contributed by atoms with Crippen LogP contribution >= 0.6 is 11.6 Å². The van der Waals surface area contributed by atoms with Crippen LogP contribution in [0.4, 0.5) is 5.69 Å². The minimum Gasteiger partial charge on any atom is -0.492 e. The van der Waals surface area contributed by atoms with Crippen molar-refractivity contribution in [3.05, 3.63) is 22.5 Å². The Morgan fingerprint density at radius 2 is 1.89 bits per heavy atom. The number of ether oxygens (including phenoxy) is 1. The largest absolute Gasteiger partial charge is 0.492 e. The molecule has 1 aliphatic carbocycles. The number of hydrogen-bond acceptors (Lipinski definition) is 6. The van der Waals surface area contributed by atoms with Gasteiger partial charge in [0.1, 0.15) is 5.75 Å². The molecular weight excluding hydrogens is 376 g/mol. The van der Waals surface area contributed by atoms with Crippen LogP contribution in [-0.2, 0) is 6.42 Å². The van der Waals surface area contributed by atoms with Gasteiger partial charge in [-0.1, -0.05) is 18.0 Å². The van der Waals surface area contributed by atoms with Crippen LogP contribution in [0.2, 0.25) is 5.02 Å². The average Bonchev–Trinajstić information content (AvgIpc) is 3.17. The molecule has 3 aliphatic rings. The zero-order chi connectivity index (χ0) is 19.1. The number of piperidine rings is 1. The highest BCUT2D eigenvalue weighted by molar-refractivity contribution is 6.33. The van der Waals surface area contributed by atoms with E-state index in [9.17, 15) is 0 Å². The summed E-state index contributed by atoms with van der Waals surface area (Å²) in [6.45, 7) is 2.81. The predicted molar refractivity (Wildman–Crippen MR) is 109 cm³/mol. The van der Waals surface area contributed by atoms with E-state index in [1.54, 1.807) is 6.07 Å². The zero-order valence-electron chi connectivity index (χ0n) is 16.0. The van der Waals surface area contributed by atoms with Gasteiger partial charge in [-0.15, -0.1) is 10.2 Å². The highest BCUT2D eigenvalue weighted by Crippen LogP contribution is 2.47. The lowest BCUT2D eigenvalue weighted by molar-refractivity contribution is 0.156. The Labute approximate surface area is 170 Å². The Hall–Kier alpha value is -1.79. The van der Waals surface area contributed by atoms with Crippen LogP contribution in [0, 0.1) is 11.8 Å². The topological polar surface area (TPSA) is 86.2 Å². The molecule has 1 atom stereocenters. The molecule has 0 amide bonds. The number of fused-ring (bicyclic) bond motifs is 1. The third-order valence-electron chi connectivity index (χ3n) is 6.70. The lowest BCUT2D eigenvalue weighted by Crippen LogP contribution is -2.35. The van der Waals surface area contributed by atoms with Gasteiger partial charge in [0.25, 0.3) is 5.89 Å². The van der Waals surface area contributed by atoms with Gasteiger partial charge >= 0.3 is 0 Å². The van der Waals surface area contributed by atoms with Crippen LogP contribution in [0.3, 0.4) is 0 Å². The standard InChI is InChI=1S/C21H27ClN4O2/c22-16-11-15(19-14(18(16)23)5-2-10-27-19)20-25-26-21(28-20)17(12-3-1-4-12)13-6-8-24-9-7-13/h11-13,17,24H,1-10,23H2. The number of hydrogen-bond donors (Lipinski definition) is 2. The maximum Gasteiger partial charge on any atom is 0.251 e. The molecule has 5 rings (SSSR count). The Morgan fingerprint density at radius 1 is 1.11 bits per heavy atom. The maximum atomic E-state index is 6.40. The van der Waals surface area contributed by atoms with Crippen LogP contribution in [-0.4, -0.2) is 29.9 Å². The fraction of sp³-hybridized carbons (Fsp3) is 0.619. The van der Waals surface area contributed by atoms with Crippen LogP contribution in [0.15, 0.2) is 10.5 Å². The van der Waals surface area contributed by atoms with Crippen LogP contribution in [0.1, 0.15) is 55.9 Å². The number of anilines is 1. The van der Waals surface area contributed by atoms with E-state index in [0.29, 0.717) is 41.0 Å². The number of halogens is 1.